The van der Waals surface area contributed by atoms with Crippen molar-refractivity contribution in [3.63, 3.8) is 0 Å². The number of benzene rings is 1. The van der Waals surface area contributed by atoms with Gasteiger partial charge in [-0.2, -0.15) is 5.10 Å². The van der Waals surface area contributed by atoms with E-state index in [9.17, 15) is 4.79 Å². The zero-order valence-corrected chi connectivity index (χ0v) is 11.2. The molecule has 0 atom stereocenters. The van der Waals surface area contributed by atoms with Crippen LogP contribution in [0.5, 0.6) is 5.75 Å². The Morgan fingerprint density at radius 2 is 2.16 bits per heavy atom. The van der Waals surface area contributed by atoms with Gasteiger partial charge in [-0.25, -0.2) is 0 Å². The number of H-pyrrole nitrogens is 1. The van der Waals surface area contributed by atoms with Crippen LogP contribution in [0, 0.1) is 0 Å². The summed E-state index contributed by atoms with van der Waals surface area (Å²) in [6, 6.07) is 8.96. The van der Waals surface area contributed by atoms with Crippen molar-refractivity contribution in [3.8, 4) is 5.75 Å². The molecular formula is C14H17N3O2. The molecule has 100 valence electrons. The van der Waals surface area contributed by atoms with Crippen molar-refractivity contribution in [2.24, 2.45) is 0 Å². The fourth-order valence-corrected chi connectivity index (χ4v) is 1.64. The average molecular weight is 259 g/mol. The van der Waals surface area contributed by atoms with E-state index in [1.165, 1.54) is 0 Å². The molecule has 0 spiro atoms. The summed E-state index contributed by atoms with van der Waals surface area (Å²) in [4.78, 5) is 12.0. The number of hydrogen-bond acceptors (Lipinski definition) is 3. The highest BCUT2D eigenvalue weighted by atomic mass is 16.5. The zero-order valence-electron chi connectivity index (χ0n) is 11.2. The highest BCUT2D eigenvalue weighted by Crippen LogP contribution is 2.18. The summed E-state index contributed by atoms with van der Waals surface area (Å²) in [6.45, 7) is 4.08. The van der Waals surface area contributed by atoms with Crippen LogP contribution in [0.3, 0.4) is 0 Å². The first-order valence-corrected chi connectivity index (χ1v) is 6.11. The average Bonchev–Trinajstić information content (AvgIpc) is 2.89. The number of amides is 1. The summed E-state index contributed by atoms with van der Waals surface area (Å²) in [5, 5.41) is 9.65. The van der Waals surface area contributed by atoms with Crippen LogP contribution in [-0.4, -0.2) is 23.2 Å². The van der Waals surface area contributed by atoms with E-state index in [-0.39, 0.29) is 5.91 Å². The van der Waals surface area contributed by atoms with Gasteiger partial charge in [-0.3, -0.25) is 9.89 Å². The molecule has 2 aromatic rings. The lowest BCUT2D eigenvalue weighted by Crippen LogP contribution is -2.12. The maximum atomic E-state index is 12.0. The fraction of sp³-hybridized carbons (Fsp3) is 0.286. The molecule has 0 saturated carbocycles. The topological polar surface area (TPSA) is 67.0 Å². The molecule has 2 rings (SSSR count). The third-order valence-corrected chi connectivity index (χ3v) is 2.78. The van der Waals surface area contributed by atoms with E-state index in [1.807, 2.05) is 26.0 Å². The van der Waals surface area contributed by atoms with Gasteiger partial charge in [-0.1, -0.05) is 19.9 Å². The van der Waals surface area contributed by atoms with Crippen molar-refractivity contribution in [2.75, 3.05) is 12.4 Å². The van der Waals surface area contributed by atoms with Crippen LogP contribution in [0.25, 0.3) is 0 Å². The summed E-state index contributed by atoms with van der Waals surface area (Å²) in [5.74, 6) is 0.768. The molecule has 1 amide bonds. The number of nitrogens with one attached hydrogen (secondary N) is 2. The molecule has 1 heterocycles. The first kappa shape index (κ1) is 13.1. The molecule has 2 N–H and O–H groups in total. The minimum atomic E-state index is -0.239. The summed E-state index contributed by atoms with van der Waals surface area (Å²) >= 11 is 0. The second-order valence-corrected chi connectivity index (χ2v) is 4.55. The Bertz CT molecular complexity index is 576. The van der Waals surface area contributed by atoms with Crippen LogP contribution >= 0.6 is 0 Å². The summed E-state index contributed by atoms with van der Waals surface area (Å²) in [7, 11) is 1.59. The van der Waals surface area contributed by atoms with Gasteiger partial charge in [0, 0.05) is 17.4 Å². The standard InChI is InChI=1S/C14H17N3O2/c1-9(2)12-8-13(17-16-12)14(18)15-10-5-4-6-11(7-10)19-3/h4-9H,1-3H3,(H,15,18)(H,16,17). The number of aromatic nitrogens is 2. The molecule has 19 heavy (non-hydrogen) atoms. The van der Waals surface area contributed by atoms with E-state index in [1.54, 1.807) is 25.3 Å². The normalized spacial score (nSPS) is 10.5. The quantitative estimate of drug-likeness (QED) is 0.887. The molecule has 0 bridgehead atoms. The van der Waals surface area contributed by atoms with Gasteiger partial charge in [0.2, 0.25) is 0 Å². The van der Waals surface area contributed by atoms with Gasteiger partial charge < -0.3 is 10.1 Å². The minimum absolute atomic E-state index is 0.239. The van der Waals surface area contributed by atoms with Gasteiger partial charge in [-0.05, 0) is 24.1 Å². The van der Waals surface area contributed by atoms with E-state index in [4.69, 9.17) is 4.74 Å². The number of carbonyl (C=O) groups is 1. The van der Waals surface area contributed by atoms with Crippen LogP contribution in [0.15, 0.2) is 30.3 Å². The summed E-state index contributed by atoms with van der Waals surface area (Å²) in [5.41, 5.74) is 2.00. The maximum absolute atomic E-state index is 12.0. The van der Waals surface area contributed by atoms with Crippen molar-refractivity contribution < 1.29 is 9.53 Å². The van der Waals surface area contributed by atoms with Crippen molar-refractivity contribution in [3.05, 3.63) is 41.7 Å². The Hall–Kier alpha value is -2.30. The number of rotatable bonds is 4. The molecule has 0 radical (unpaired) electrons. The molecule has 5 heteroatoms. The van der Waals surface area contributed by atoms with Crippen LogP contribution in [0.4, 0.5) is 5.69 Å². The van der Waals surface area contributed by atoms with E-state index in [0.717, 1.165) is 5.69 Å². The second kappa shape index (κ2) is 5.56. The van der Waals surface area contributed by atoms with E-state index in [2.05, 4.69) is 15.5 Å². The minimum Gasteiger partial charge on any atom is -0.497 e. The predicted molar refractivity (Wildman–Crippen MR) is 73.6 cm³/mol. The second-order valence-electron chi connectivity index (χ2n) is 4.55. The van der Waals surface area contributed by atoms with E-state index in [0.29, 0.717) is 23.0 Å². The Morgan fingerprint density at radius 3 is 2.79 bits per heavy atom. The number of methoxy groups -OCH3 is 1. The van der Waals surface area contributed by atoms with Crippen molar-refractivity contribution in [1.82, 2.24) is 10.2 Å². The fourth-order valence-electron chi connectivity index (χ4n) is 1.64. The molecule has 0 aliphatic carbocycles. The monoisotopic (exact) mass is 259 g/mol. The smallest absolute Gasteiger partial charge is 0.276 e. The third kappa shape index (κ3) is 3.13. The molecule has 0 aliphatic rings. The van der Waals surface area contributed by atoms with Crippen LogP contribution in [-0.2, 0) is 0 Å². The molecular weight excluding hydrogens is 242 g/mol. The highest BCUT2D eigenvalue weighted by molar-refractivity contribution is 6.03. The number of ether oxygens (including phenoxy) is 1. The molecule has 0 aliphatic heterocycles. The van der Waals surface area contributed by atoms with Gasteiger partial charge in [0.05, 0.1) is 7.11 Å². The van der Waals surface area contributed by atoms with Gasteiger partial charge in [0.1, 0.15) is 5.75 Å². The summed E-state index contributed by atoms with van der Waals surface area (Å²) < 4.78 is 5.10. The first-order valence-electron chi connectivity index (χ1n) is 6.11. The molecule has 0 fully saturated rings. The van der Waals surface area contributed by atoms with Crippen LogP contribution < -0.4 is 10.1 Å². The van der Waals surface area contributed by atoms with Crippen LogP contribution in [0.2, 0.25) is 0 Å². The van der Waals surface area contributed by atoms with Gasteiger partial charge in [0.15, 0.2) is 5.69 Å². The first-order chi connectivity index (χ1) is 9.10. The lowest BCUT2D eigenvalue weighted by Gasteiger charge is -2.05. The van der Waals surface area contributed by atoms with Crippen molar-refractivity contribution >= 4 is 11.6 Å². The predicted octanol–water partition coefficient (Wildman–Crippen LogP) is 2.79. The Labute approximate surface area is 112 Å². The van der Waals surface area contributed by atoms with E-state index < -0.39 is 0 Å². The molecule has 5 nitrogen and oxygen atoms in total. The Morgan fingerprint density at radius 1 is 1.37 bits per heavy atom. The Balaban J connectivity index is 2.11. The van der Waals surface area contributed by atoms with E-state index >= 15 is 0 Å². The van der Waals surface area contributed by atoms with Gasteiger partial charge in [0.25, 0.3) is 5.91 Å². The number of carbonyl (C=O) groups excluding carboxylic acids is 1. The molecule has 0 unspecified atom stereocenters. The maximum Gasteiger partial charge on any atom is 0.276 e. The van der Waals surface area contributed by atoms with Crippen LogP contribution in [0.1, 0.15) is 35.9 Å². The lowest BCUT2D eigenvalue weighted by molar-refractivity contribution is 0.102. The SMILES string of the molecule is COc1cccc(NC(=O)c2cc(C(C)C)[nH]n2)c1. The number of hydrogen-bond donors (Lipinski definition) is 2. The Kier molecular flexibility index (Phi) is 3.85. The summed E-state index contributed by atoms with van der Waals surface area (Å²) in [6.07, 6.45) is 0. The lowest BCUT2D eigenvalue weighted by atomic mass is 10.1. The largest absolute Gasteiger partial charge is 0.497 e. The third-order valence-electron chi connectivity index (χ3n) is 2.78. The zero-order chi connectivity index (χ0) is 13.8. The molecule has 1 aromatic heterocycles. The van der Waals surface area contributed by atoms with Crippen molar-refractivity contribution in [1.29, 1.82) is 0 Å². The number of aromatic amines is 1. The van der Waals surface area contributed by atoms with Gasteiger partial charge in [-0.15, -0.1) is 0 Å². The molecule has 0 saturated heterocycles. The molecule has 1 aromatic carbocycles. The number of anilines is 1. The van der Waals surface area contributed by atoms with Crippen molar-refractivity contribution in [2.45, 2.75) is 19.8 Å². The van der Waals surface area contributed by atoms with Gasteiger partial charge >= 0.3 is 0 Å². The highest BCUT2D eigenvalue weighted by Gasteiger charge is 2.12. The number of nitrogens with zero attached hydrogens (tertiary/aromatic N) is 1.